The molecule has 4 aliphatic carbocycles. The molecule has 29 heavy (non-hydrogen) atoms. The number of fused-ring (bicyclic) bond motifs is 3. The summed E-state index contributed by atoms with van der Waals surface area (Å²) >= 11 is 0. The Hall–Kier alpha value is -1.46. The van der Waals surface area contributed by atoms with Crippen LogP contribution in [0.5, 0.6) is 0 Å². The van der Waals surface area contributed by atoms with Gasteiger partial charge in [-0.25, -0.2) is 4.79 Å². The number of carbonyl (C=O) groups excluding carboxylic acids is 1. The maximum Gasteiger partial charge on any atom is 0.335 e. The van der Waals surface area contributed by atoms with E-state index in [-0.39, 0.29) is 34.3 Å². The van der Waals surface area contributed by atoms with E-state index in [2.05, 4.69) is 6.92 Å². The number of hydrogen-bond acceptors (Lipinski definition) is 5. The Kier molecular flexibility index (Phi) is 3.68. The fourth-order valence-electron chi connectivity index (χ4n) is 8.66. The average molecular weight is 398 g/mol. The van der Waals surface area contributed by atoms with Crippen LogP contribution in [0, 0.1) is 28.6 Å². The van der Waals surface area contributed by atoms with Crippen LogP contribution in [0.4, 0.5) is 0 Å². The Balaban J connectivity index is 1.37. The molecule has 0 bridgehead atoms. The van der Waals surface area contributed by atoms with E-state index in [1.807, 2.05) is 6.07 Å². The number of aldehydes is 1. The van der Waals surface area contributed by atoms with E-state index in [0.717, 1.165) is 56.9 Å². The van der Waals surface area contributed by atoms with Gasteiger partial charge in [0.05, 0.1) is 18.5 Å². The summed E-state index contributed by atoms with van der Waals surface area (Å²) in [4.78, 5) is 24.0. The second-order valence-electron chi connectivity index (χ2n) is 10.7. The first kappa shape index (κ1) is 18.3. The lowest BCUT2D eigenvalue weighted by molar-refractivity contribution is -0.158. The number of epoxide rings is 1. The van der Waals surface area contributed by atoms with Gasteiger partial charge in [-0.1, -0.05) is 6.92 Å². The van der Waals surface area contributed by atoms with Crippen molar-refractivity contribution < 1.29 is 19.1 Å². The van der Waals surface area contributed by atoms with E-state index in [9.17, 15) is 14.7 Å². The molecule has 1 spiro atoms. The lowest BCUT2D eigenvalue weighted by Gasteiger charge is -2.60. The van der Waals surface area contributed by atoms with Gasteiger partial charge in [-0.05, 0) is 86.7 Å². The standard InChI is InChI=1S/C24H30O5/c1-22-8-7-17-18(4-3-15-10-16(26)6-9-23(15,17)13-25)24(22)20(29-24)11-19(22)14-2-5-21(27)28-12-14/h2,5,12-13,15-20,26H,3-4,6-11H2,1H3/t15-,16-,17+,18+,19+,20+,22+,23+,24+/m1/s1. The average Bonchev–Trinajstić information content (AvgIpc) is 3.38. The molecule has 1 aromatic heterocycles. The second kappa shape index (κ2) is 5.82. The van der Waals surface area contributed by atoms with Crippen LogP contribution in [0.2, 0.25) is 0 Å². The van der Waals surface area contributed by atoms with Crippen molar-refractivity contribution in [2.45, 2.75) is 82.0 Å². The molecule has 9 atom stereocenters. The highest BCUT2D eigenvalue weighted by Gasteiger charge is 2.80. The van der Waals surface area contributed by atoms with Gasteiger partial charge >= 0.3 is 5.63 Å². The molecule has 156 valence electrons. The van der Waals surface area contributed by atoms with Crippen molar-refractivity contribution in [3.8, 4) is 0 Å². The van der Waals surface area contributed by atoms with Crippen molar-refractivity contribution >= 4 is 6.29 Å². The molecule has 5 fully saturated rings. The van der Waals surface area contributed by atoms with Crippen LogP contribution < -0.4 is 5.63 Å². The van der Waals surface area contributed by atoms with Gasteiger partial charge in [0.15, 0.2) is 0 Å². The van der Waals surface area contributed by atoms with Gasteiger partial charge < -0.3 is 19.1 Å². The summed E-state index contributed by atoms with van der Waals surface area (Å²) in [7, 11) is 0. The van der Waals surface area contributed by atoms with Crippen molar-refractivity contribution in [1.82, 2.24) is 0 Å². The van der Waals surface area contributed by atoms with Crippen LogP contribution in [0.1, 0.15) is 69.8 Å². The maximum atomic E-state index is 12.5. The SMILES string of the molecule is C[C@@]12CC[C@H]3[C@H](CC[C@@H]4C[C@H](O)CC[C@]43C=O)[C@@]13O[C@H]3C[C@H]2c1ccc(=O)oc1. The first-order valence-corrected chi connectivity index (χ1v) is 11.4. The molecule has 5 heteroatoms. The third-order valence-electron chi connectivity index (χ3n) is 9.97. The molecule has 0 aromatic carbocycles. The fraction of sp³-hybridized carbons (Fsp3) is 0.750. The van der Waals surface area contributed by atoms with Gasteiger partial charge in [-0.15, -0.1) is 0 Å². The molecule has 0 amide bonds. The smallest absolute Gasteiger partial charge is 0.335 e. The molecule has 6 rings (SSSR count). The molecule has 2 heterocycles. The number of aliphatic hydroxyl groups is 1. The van der Waals surface area contributed by atoms with Crippen LogP contribution in [0.25, 0.3) is 0 Å². The molecule has 0 radical (unpaired) electrons. The Morgan fingerprint density at radius 2 is 1.97 bits per heavy atom. The Bertz CT molecular complexity index is 888. The van der Waals surface area contributed by atoms with Crippen LogP contribution in [0.3, 0.4) is 0 Å². The van der Waals surface area contributed by atoms with Gasteiger partial charge in [0.2, 0.25) is 0 Å². The molecule has 1 aromatic rings. The van der Waals surface area contributed by atoms with Gasteiger partial charge in [0, 0.05) is 16.9 Å². The van der Waals surface area contributed by atoms with E-state index in [1.165, 1.54) is 12.4 Å². The summed E-state index contributed by atoms with van der Waals surface area (Å²) in [5.41, 5.74) is 0.423. The minimum atomic E-state index is -0.303. The molecule has 5 aliphatic rings. The van der Waals surface area contributed by atoms with Gasteiger partial charge in [0.25, 0.3) is 0 Å². The summed E-state index contributed by atoms with van der Waals surface area (Å²) < 4.78 is 11.7. The van der Waals surface area contributed by atoms with Crippen molar-refractivity contribution in [2.75, 3.05) is 0 Å². The molecule has 1 aliphatic heterocycles. The zero-order chi connectivity index (χ0) is 20.0. The zero-order valence-corrected chi connectivity index (χ0v) is 17.0. The van der Waals surface area contributed by atoms with E-state index in [1.54, 1.807) is 6.26 Å². The first-order chi connectivity index (χ1) is 13.9. The predicted octanol–water partition coefficient (Wildman–Crippen LogP) is 3.44. The van der Waals surface area contributed by atoms with Crippen molar-refractivity contribution in [1.29, 1.82) is 0 Å². The highest BCUT2D eigenvalue weighted by Crippen LogP contribution is 2.77. The molecule has 0 unspecified atom stereocenters. The highest BCUT2D eigenvalue weighted by atomic mass is 16.6. The highest BCUT2D eigenvalue weighted by molar-refractivity contribution is 5.62. The summed E-state index contributed by atoms with van der Waals surface area (Å²) in [6, 6.07) is 3.46. The Labute approximate surface area is 170 Å². The number of carbonyl (C=O) groups is 1. The van der Waals surface area contributed by atoms with Crippen LogP contribution in [-0.2, 0) is 9.53 Å². The summed E-state index contributed by atoms with van der Waals surface area (Å²) in [6.45, 7) is 2.37. The third kappa shape index (κ3) is 2.13. The van der Waals surface area contributed by atoms with Crippen molar-refractivity contribution in [2.24, 2.45) is 28.6 Å². The number of ether oxygens (including phenoxy) is 1. The number of hydrogen-bond donors (Lipinski definition) is 1. The molecule has 4 saturated carbocycles. The van der Waals surface area contributed by atoms with E-state index >= 15 is 0 Å². The Morgan fingerprint density at radius 1 is 1.10 bits per heavy atom. The van der Waals surface area contributed by atoms with Crippen LogP contribution in [-0.4, -0.2) is 29.2 Å². The van der Waals surface area contributed by atoms with E-state index < -0.39 is 0 Å². The first-order valence-electron chi connectivity index (χ1n) is 11.4. The molecule has 1 N–H and O–H groups in total. The van der Waals surface area contributed by atoms with Crippen molar-refractivity contribution in [3.63, 3.8) is 0 Å². The lowest BCUT2D eigenvalue weighted by Crippen LogP contribution is -2.59. The quantitative estimate of drug-likeness (QED) is 0.610. The maximum absolute atomic E-state index is 12.5. The molecular formula is C24H30O5. The van der Waals surface area contributed by atoms with Gasteiger partial charge in [-0.3, -0.25) is 0 Å². The topological polar surface area (TPSA) is 80.0 Å². The summed E-state index contributed by atoms with van der Waals surface area (Å²) in [5.74, 6) is 1.45. The zero-order valence-electron chi connectivity index (χ0n) is 17.0. The third-order valence-corrected chi connectivity index (χ3v) is 9.97. The predicted molar refractivity (Wildman–Crippen MR) is 105 cm³/mol. The van der Waals surface area contributed by atoms with Crippen LogP contribution >= 0.6 is 0 Å². The monoisotopic (exact) mass is 398 g/mol. The van der Waals surface area contributed by atoms with Crippen LogP contribution in [0.15, 0.2) is 27.6 Å². The number of aliphatic hydroxyl groups excluding tert-OH is 1. The second-order valence-corrected chi connectivity index (χ2v) is 10.7. The minimum absolute atomic E-state index is 0.0177. The van der Waals surface area contributed by atoms with E-state index in [0.29, 0.717) is 23.7 Å². The fourth-order valence-corrected chi connectivity index (χ4v) is 8.66. The summed E-state index contributed by atoms with van der Waals surface area (Å²) in [6.07, 6.45) is 10.5. The normalized spacial score (nSPS) is 52.6. The molecular weight excluding hydrogens is 368 g/mol. The molecule has 1 saturated heterocycles. The lowest BCUT2D eigenvalue weighted by atomic mass is 9.44. The minimum Gasteiger partial charge on any atom is -0.431 e. The van der Waals surface area contributed by atoms with Crippen molar-refractivity contribution in [3.05, 3.63) is 34.4 Å². The molecule has 5 nitrogen and oxygen atoms in total. The van der Waals surface area contributed by atoms with Gasteiger partial charge in [-0.2, -0.15) is 0 Å². The largest absolute Gasteiger partial charge is 0.431 e. The number of rotatable bonds is 2. The van der Waals surface area contributed by atoms with Gasteiger partial charge in [0.1, 0.15) is 11.9 Å². The van der Waals surface area contributed by atoms with E-state index in [4.69, 9.17) is 9.15 Å². The summed E-state index contributed by atoms with van der Waals surface area (Å²) in [5, 5.41) is 10.2. The Morgan fingerprint density at radius 3 is 2.72 bits per heavy atom.